The van der Waals surface area contributed by atoms with Gasteiger partial charge in [-0.1, -0.05) is 47.0 Å². The second-order valence-electron chi connectivity index (χ2n) is 8.56. The number of nitro groups is 1. The number of hydrazone groups is 1. The van der Waals surface area contributed by atoms with Crippen LogP contribution < -0.4 is 15.5 Å². The van der Waals surface area contributed by atoms with E-state index in [1.807, 2.05) is 19.1 Å². The maximum Gasteiger partial charge on any atom is 0.345 e. The van der Waals surface area contributed by atoms with Crippen LogP contribution in [-0.4, -0.2) is 28.9 Å². The van der Waals surface area contributed by atoms with Gasteiger partial charge in [0, 0.05) is 33.5 Å². The number of para-hydroxylation sites is 1. The van der Waals surface area contributed by atoms with Gasteiger partial charge in [-0.2, -0.15) is 5.10 Å². The molecule has 0 saturated carbocycles. The van der Waals surface area contributed by atoms with Crippen LogP contribution in [0.15, 0.2) is 90.0 Å². The van der Waals surface area contributed by atoms with Gasteiger partial charge in [-0.25, -0.2) is 10.2 Å². The summed E-state index contributed by atoms with van der Waals surface area (Å²) in [5.74, 6) is -2.22. The summed E-state index contributed by atoms with van der Waals surface area (Å²) in [6.45, 7) is 1.92. The minimum Gasteiger partial charge on any atom is -0.415 e. The second kappa shape index (κ2) is 12.9. The predicted molar refractivity (Wildman–Crippen MR) is 155 cm³/mol. The monoisotopic (exact) mass is 590 g/mol. The van der Waals surface area contributed by atoms with E-state index < -0.39 is 22.5 Å². The molecule has 206 valence electrons. The van der Waals surface area contributed by atoms with E-state index in [2.05, 4.69) is 15.8 Å². The Hall–Kier alpha value is -5.06. The number of hydrogen-bond donors (Lipinski definition) is 2. The lowest BCUT2D eigenvalue weighted by Gasteiger charge is -2.09. The van der Waals surface area contributed by atoms with Crippen LogP contribution >= 0.6 is 23.2 Å². The fourth-order valence-corrected chi connectivity index (χ4v) is 4.03. The van der Waals surface area contributed by atoms with Crippen molar-refractivity contribution in [1.29, 1.82) is 0 Å². The average molecular weight is 591 g/mol. The SMILES string of the molecule is Cc1ccc(C(=O)Nc2ccc(C(=O)N/N=C/c3cccc([N+](=O)[O-])c3OC(=O)c3ccc(Cl)cc3Cl)cc2)cc1. The van der Waals surface area contributed by atoms with Crippen LogP contribution in [0.3, 0.4) is 0 Å². The van der Waals surface area contributed by atoms with Gasteiger partial charge < -0.3 is 10.1 Å². The van der Waals surface area contributed by atoms with Gasteiger partial charge in [0.2, 0.25) is 5.75 Å². The number of nitrogens with zero attached hydrogens (tertiary/aromatic N) is 2. The number of rotatable bonds is 8. The third-order valence-electron chi connectivity index (χ3n) is 5.66. The summed E-state index contributed by atoms with van der Waals surface area (Å²) < 4.78 is 5.32. The first kappa shape index (κ1) is 28.9. The molecule has 0 aliphatic rings. The first-order valence-corrected chi connectivity index (χ1v) is 12.6. The molecule has 2 N–H and O–H groups in total. The van der Waals surface area contributed by atoms with E-state index in [4.69, 9.17) is 27.9 Å². The molecule has 0 fully saturated rings. The van der Waals surface area contributed by atoms with Gasteiger partial charge in [0.25, 0.3) is 11.8 Å². The van der Waals surface area contributed by atoms with Crippen molar-refractivity contribution in [3.8, 4) is 5.75 Å². The zero-order valence-electron chi connectivity index (χ0n) is 21.3. The van der Waals surface area contributed by atoms with Crippen molar-refractivity contribution in [1.82, 2.24) is 5.43 Å². The van der Waals surface area contributed by atoms with Gasteiger partial charge >= 0.3 is 11.7 Å². The Labute approximate surface area is 243 Å². The Morgan fingerprint density at radius 1 is 0.902 bits per heavy atom. The van der Waals surface area contributed by atoms with Crippen molar-refractivity contribution >= 4 is 58.6 Å². The molecule has 0 aromatic heterocycles. The lowest BCUT2D eigenvalue weighted by Crippen LogP contribution is -2.18. The zero-order valence-corrected chi connectivity index (χ0v) is 22.8. The molecule has 0 aliphatic heterocycles. The zero-order chi connectivity index (χ0) is 29.5. The molecule has 4 aromatic carbocycles. The van der Waals surface area contributed by atoms with Gasteiger partial charge in [0.05, 0.1) is 21.7 Å². The number of carbonyl (C=O) groups excluding carboxylic acids is 3. The third kappa shape index (κ3) is 7.33. The molecule has 4 rings (SSSR count). The van der Waals surface area contributed by atoms with E-state index in [0.29, 0.717) is 16.3 Å². The molecule has 10 nitrogen and oxygen atoms in total. The van der Waals surface area contributed by atoms with Crippen molar-refractivity contribution in [2.75, 3.05) is 5.32 Å². The van der Waals surface area contributed by atoms with Gasteiger partial charge in [0.1, 0.15) is 0 Å². The van der Waals surface area contributed by atoms with Crippen molar-refractivity contribution < 1.29 is 24.0 Å². The lowest BCUT2D eigenvalue weighted by molar-refractivity contribution is -0.385. The second-order valence-corrected chi connectivity index (χ2v) is 9.41. The topological polar surface area (TPSA) is 140 Å². The maximum atomic E-state index is 12.7. The quantitative estimate of drug-likeness (QED) is 0.0794. The number of benzene rings is 4. The molecule has 12 heteroatoms. The number of aryl methyl sites for hydroxylation is 1. The summed E-state index contributed by atoms with van der Waals surface area (Å²) >= 11 is 11.9. The van der Waals surface area contributed by atoms with Crippen LogP contribution in [0.1, 0.15) is 42.2 Å². The van der Waals surface area contributed by atoms with Gasteiger partial charge in [-0.3, -0.25) is 19.7 Å². The van der Waals surface area contributed by atoms with Gasteiger partial charge in [0.15, 0.2) is 0 Å². The van der Waals surface area contributed by atoms with Crippen LogP contribution in [0, 0.1) is 17.0 Å². The fourth-order valence-electron chi connectivity index (χ4n) is 3.54. The lowest BCUT2D eigenvalue weighted by atomic mass is 10.1. The maximum absolute atomic E-state index is 12.7. The largest absolute Gasteiger partial charge is 0.415 e. The van der Waals surface area contributed by atoms with E-state index in [0.717, 1.165) is 17.8 Å². The van der Waals surface area contributed by atoms with Crippen molar-refractivity contribution in [2.45, 2.75) is 6.92 Å². The van der Waals surface area contributed by atoms with E-state index >= 15 is 0 Å². The van der Waals surface area contributed by atoms with E-state index in [1.165, 1.54) is 42.5 Å². The Morgan fingerprint density at radius 3 is 2.22 bits per heavy atom. The number of nitro benzene ring substituents is 1. The van der Waals surface area contributed by atoms with Crippen molar-refractivity contribution in [3.05, 3.63) is 133 Å². The molecule has 0 unspecified atom stereocenters. The van der Waals surface area contributed by atoms with Crippen LogP contribution in [0.4, 0.5) is 11.4 Å². The summed E-state index contributed by atoms with van der Waals surface area (Å²) in [5.41, 5.74) is 4.06. The summed E-state index contributed by atoms with van der Waals surface area (Å²) in [6.07, 6.45) is 1.10. The number of ether oxygens (including phenoxy) is 1. The summed E-state index contributed by atoms with van der Waals surface area (Å²) in [4.78, 5) is 48.6. The van der Waals surface area contributed by atoms with Crippen LogP contribution in [-0.2, 0) is 0 Å². The normalized spacial score (nSPS) is 10.7. The summed E-state index contributed by atoms with van der Waals surface area (Å²) in [7, 11) is 0. The number of nitrogens with one attached hydrogen (secondary N) is 2. The number of amides is 2. The third-order valence-corrected chi connectivity index (χ3v) is 6.20. The minimum absolute atomic E-state index is 0.00398. The highest BCUT2D eigenvalue weighted by atomic mass is 35.5. The van der Waals surface area contributed by atoms with Crippen LogP contribution in [0.25, 0.3) is 0 Å². The van der Waals surface area contributed by atoms with Gasteiger partial charge in [-0.15, -0.1) is 0 Å². The Morgan fingerprint density at radius 2 is 1.56 bits per heavy atom. The molecule has 0 atom stereocenters. The number of esters is 1. The Balaban J connectivity index is 1.45. The fraction of sp³-hybridized carbons (Fsp3) is 0.0345. The molecular weight excluding hydrogens is 571 g/mol. The Bertz CT molecular complexity index is 1670. The number of halogens is 2. The molecule has 41 heavy (non-hydrogen) atoms. The number of carbonyl (C=O) groups is 3. The van der Waals surface area contributed by atoms with Crippen molar-refractivity contribution in [3.63, 3.8) is 0 Å². The van der Waals surface area contributed by atoms with E-state index in [1.54, 1.807) is 24.3 Å². The van der Waals surface area contributed by atoms with Crippen molar-refractivity contribution in [2.24, 2.45) is 5.10 Å². The first-order valence-electron chi connectivity index (χ1n) is 11.9. The highest BCUT2D eigenvalue weighted by molar-refractivity contribution is 6.36. The molecular formula is C29H20Cl2N4O6. The summed E-state index contributed by atoms with van der Waals surface area (Å²) in [5, 5.41) is 18.5. The van der Waals surface area contributed by atoms with Gasteiger partial charge in [-0.05, 0) is 67.6 Å². The highest BCUT2D eigenvalue weighted by Crippen LogP contribution is 2.32. The molecule has 0 bridgehead atoms. The molecule has 0 spiro atoms. The van der Waals surface area contributed by atoms with Crippen LogP contribution in [0.5, 0.6) is 5.75 Å². The molecule has 0 aliphatic carbocycles. The van der Waals surface area contributed by atoms with E-state index in [9.17, 15) is 24.5 Å². The first-order chi connectivity index (χ1) is 19.6. The average Bonchev–Trinajstić information content (AvgIpc) is 2.94. The molecule has 0 radical (unpaired) electrons. The number of hydrogen-bond acceptors (Lipinski definition) is 7. The number of anilines is 1. The minimum atomic E-state index is -0.950. The molecule has 4 aromatic rings. The molecule has 2 amide bonds. The summed E-state index contributed by atoms with van der Waals surface area (Å²) in [6, 6.07) is 21.2. The standard InChI is InChI=1S/C29H20Cl2N4O6/c1-17-5-7-18(8-6-17)27(36)33-22-12-9-19(10-13-22)28(37)34-32-16-20-3-2-4-25(35(39)40)26(20)41-29(38)23-14-11-21(30)15-24(23)31/h2-16H,1H3,(H,33,36)(H,34,37)/b32-16+. The predicted octanol–water partition coefficient (Wildman–Crippen LogP) is 6.45. The molecule has 0 saturated heterocycles. The van der Waals surface area contributed by atoms with E-state index in [-0.39, 0.29) is 33.4 Å². The smallest absolute Gasteiger partial charge is 0.345 e. The van der Waals surface area contributed by atoms with Crippen LogP contribution in [0.2, 0.25) is 10.0 Å². The molecule has 0 heterocycles. The highest BCUT2D eigenvalue weighted by Gasteiger charge is 2.23. The Kier molecular flexibility index (Phi) is 9.08.